The van der Waals surface area contributed by atoms with E-state index < -0.39 is 0 Å². The van der Waals surface area contributed by atoms with E-state index in [2.05, 4.69) is 17.9 Å². The number of benzene rings is 3. The van der Waals surface area contributed by atoms with Crippen molar-refractivity contribution in [2.45, 2.75) is 6.61 Å². The summed E-state index contributed by atoms with van der Waals surface area (Å²) in [4.78, 5) is 0. The third-order valence-electron chi connectivity index (χ3n) is 3.82. The average Bonchev–Trinajstić information content (AvgIpc) is 2.71. The Hall–Kier alpha value is -3.69. The molecule has 0 heterocycles. The average molecular weight is 339 g/mol. The minimum Gasteiger partial charge on any atom is -0.497 e. The number of nitriles is 1. The van der Waals surface area contributed by atoms with Gasteiger partial charge >= 0.3 is 0 Å². The van der Waals surface area contributed by atoms with Crippen LogP contribution in [0, 0.1) is 23.2 Å². The minimum atomic E-state index is 0.349. The molecule has 0 spiro atoms. The van der Waals surface area contributed by atoms with Crippen LogP contribution < -0.4 is 9.47 Å². The number of rotatable bonds is 4. The Bertz CT molecular complexity index is 1010. The fourth-order valence-corrected chi connectivity index (χ4v) is 2.45. The van der Waals surface area contributed by atoms with Crippen LogP contribution in [0.1, 0.15) is 22.3 Å². The van der Waals surface area contributed by atoms with Crippen LogP contribution in [0.4, 0.5) is 0 Å². The van der Waals surface area contributed by atoms with Crippen molar-refractivity contribution in [3.63, 3.8) is 0 Å². The normalized spacial score (nSPS) is 9.54. The molecule has 0 amide bonds. The van der Waals surface area contributed by atoms with Crippen molar-refractivity contribution in [2.75, 3.05) is 7.11 Å². The number of hydrogen-bond acceptors (Lipinski definition) is 3. The Morgan fingerprint density at radius 1 is 0.846 bits per heavy atom. The molecule has 0 aromatic heterocycles. The van der Waals surface area contributed by atoms with Crippen molar-refractivity contribution >= 4 is 0 Å². The van der Waals surface area contributed by atoms with Crippen LogP contribution in [0.15, 0.2) is 72.8 Å². The zero-order valence-corrected chi connectivity index (χ0v) is 14.4. The Balaban J connectivity index is 1.81. The number of para-hydroxylation sites is 1. The van der Waals surface area contributed by atoms with E-state index >= 15 is 0 Å². The van der Waals surface area contributed by atoms with Crippen LogP contribution in [0.5, 0.6) is 11.5 Å². The van der Waals surface area contributed by atoms with Crippen molar-refractivity contribution in [1.82, 2.24) is 0 Å². The van der Waals surface area contributed by atoms with Crippen molar-refractivity contribution in [2.24, 2.45) is 0 Å². The first-order valence-corrected chi connectivity index (χ1v) is 8.16. The molecule has 0 unspecified atom stereocenters. The molecule has 0 atom stereocenters. The molecule has 0 N–H and O–H groups in total. The minimum absolute atomic E-state index is 0.349. The van der Waals surface area contributed by atoms with Crippen LogP contribution in [0.2, 0.25) is 0 Å². The summed E-state index contributed by atoms with van der Waals surface area (Å²) in [6, 6.07) is 24.8. The van der Waals surface area contributed by atoms with E-state index in [1.54, 1.807) is 19.2 Å². The lowest BCUT2D eigenvalue weighted by Crippen LogP contribution is -1.99. The first kappa shape index (κ1) is 17.1. The van der Waals surface area contributed by atoms with Crippen LogP contribution in [0.25, 0.3) is 0 Å². The predicted octanol–water partition coefficient (Wildman–Crippen LogP) is 4.55. The lowest BCUT2D eigenvalue weighted by molar-refractivity contribution is 0.305. The van der Waals surface area contributed by atoms with Crippen molar-refractivity contribution in [3.05, 3.63) is 95.1 Å². The van der Waals surface area contributed by atoms with Gasteiger partial charge in [0.1, 0.15) is 24.2 Å². The number of nitrogens with zero attached hydrogens (tertiary/aromatic N) is 1. The van der Waals surface area contributed by atoms with Gasteiger partial charge in [0.05, 0.1) is 12.7 Å². The fourth-order valence-electron chi connectivity index (χ4n) is 2.45. The smallest absolute Gasteiger partial charge is 0.137 e. The summed E-state index contributed by atoms with van der Waals surface area (Å²) in [5.41, 5.74) is 3.27. The first-order chi connectivity index (χ1) is 12.8. The maximum absolute atomic E-state index is 9.16. The molecule has 0 aliphatic heterocycles. The van der Waals surface area contributed by atoms with Gasteiger partial charge in [-0.2, -0.15) is 5.26 Å². The van der Waals surface area contributed by atoms with Gasteiger partial charge < -0.3 is 9.47 Å². The van der Waals surface area contributed by atoms with E-state index in [4.69, 9.17) is 14.7 Å². The van der Waals surface area contributed by atoms with Crippen molar-refractivity contribution < 1.29 is 9.47 Å². The maximum Gasteiger partial charge on any atom is 0.137 e. The highest BCUT2D eigenvalue weighted by Crippen LogP contribution is 2.19. The monoisotopic (exact) mass is 339 g/mol. The lowest BCUT2D eigenvalue weighted by Gasteiger charge is -2.09. The summed E-state index contributed by atoms with van der Waals surface area (Å²) >= 11 is 0. The van der Waals surface area contributed by atoms with Crippen LogP contribution in [0.3, 0.4) is 0 Å². The molecule has 0 saturated carbocycles. The summed E-state index contributed by atoms with van der Waals surface area (Å²) in [6.07, 6.45) is 0. The number of hydrogen-bond donors (Lipinski definition) is 0. The molecule has 26 heavy (non-hydrogen) atoms. The highest BCUT2D eigenvalue weighted by atomic mass is 16.5. The molecule has 3 aromatic carbocycles. The van der Waals surface area contributed by atoms with Crippen LogP contribution in [-0.4, -0.2) is 7.11 Å². The van der Waals surface area contributed by atoms with Gasteiger partial charge in [0.15, 0.2) is 0 Å². The Labute approximate surface area is 153 Å². The van der Waals surface area contributed by atoms with E-state index in [1.807, 2.05) is 60.7 Å². The summed E-state index contributed by atoms with van der Waals surface area (Å²) in [5, 5.41) is 9.16. The molecule has 3 rings (SSSR count). The van der Waals surface area contributed by atoms with Gasteiger partial charge in [-0.25, -0.2) is 0 Å². The highest BCUT2D eigenvalue weighted by molar-refractivity contribution is 5.48. The van der Waals surface area contributed by atoms with Gasteiger partial charge in [-0.05, 0) is 36.4 Å². The topological polar surface area (TPSA) is 42.2 Å². The molecule has 0 bridgehead atoms. The second-order valence-electron chi connectivity index (χ2n) is 5.54. The zero-order chi connectivity index (χ0) is 18.2. The summed E-state index contributed by atoms with van der Waals surface area (Å²) in [6.45, 7) is 0.349. The largest absolute Gasteiger partial charge is 0.497 e. The first-order valence-electron chi connectivity index (χ1n) is 8.16. The highest BCUT2D eigenvalue weighted by Gasteiger charge is 2.04. The van der Waals surface area contributed by atoms with E-state index in [1.165, 1.54) is 0 Å². The van der Waals surface area contributed by atoms with Gasteiger partial charge in [-0.15, -0.1) is 0 Å². The van der Waals surface area contributed by atoms with Crippen LogP contribution in [-0.2, 0) is 6.61 Å². The molecule has 126 valence electrons. The third-order valence-corrected chi connectivity index (χ3v) is 3.82. The molecule has 0 fully saturated rings. The lowest BCUT2D eigenvalue weighted by atomic mass is 10.1. The SMILES string of the molecule is COc1cccc(C#Cc2ccccc2COc2ccccc2C#N)c1. The standard InChI is InChI=1S/C23H17NO2/c1-25-22-11-6-7-18(15-22)13-14-19-8-2-3-10-21(19)17-26-23-12-5-4-9-20(23)16-24/h2-12,15H,17H2,1H3. The maximum atomic E-state index is 9.16. The second kappa shape index (κ2) is 8.42. The zero-order valence-electron chi connectivity index (χ0n) is 14.4. The van der Waals surface area contributed by atoms with Crippen LogP contribution >= 0.6 is 0 Å². The third kappa shape index (κ3) is 4.23. The van der Waals surface area contributed by atoms with Gasteiger partial charge in [-0.1, -0.05) is 48.2 Å². The molecule has 0 radical (unpaired) electrons. The molecular weight excluding hydrogens is 322 g/mol. The Morgan fingerprint density at radius 3 is 2.42 bits per heavy atom. The molecule has 3 heteroatoms. The predicted molar refractivity (Wildman–Crippen MR) is 101 cm³/mol. The van der Waals surface area contributed by atoms with Crippen molar-refractivity contribution in [3.8, 4) is 29.4 Å². The Morgan fingerprint density at radius 2 is 1.62 bits per heavy atom. The molecule has 0 aliphatic carbocycles. The molecule has 0 aliphatic rings. The van der Waals surface area contributed by atoms with Crippen molar-refractivity contribution in [1.29, 1.82) is 5.26 Å². The van der Waals surface area contributed by atoms with Gasteiger partial charge in [0.25, 0.3) is 0 Å². The van der Waals surface area contributed by atoms with Gasteiger partial charge in [0, 0.05) is 16.7 Å². The van der Waals surface area contributed by atoms with E-state index in [9.17, 15) is 0 Å². The molecule has 0 saturated heterocycles. The molecular formula is C23H17NO2. The quantitative estimate of drug-likeness (QED) is 0.655. The van der Waals surface area contributed by atoms with E-state index in [-0.39, 0.29) is 0 Å². The van der Waals surface area contributed by atoms with Gasteiger partial charge in [0.2, 0.25) is 0 Å². The second-order valence-corrected chi connectivity index (χ2v) is 5.54. The van der Waals surface area contributed by atoms with Gasteiger partial charge in [-0.3, -0.25) is 0 Å². The number of methoxy groups -OCH3 is 1. The Kier molecular flexibility index (Phi) is 5.55. The summed E-state index contributed by atoms with van der Waals surface area (Å²) < 4.78 is 11.1. The van der Waals surface area contributed by atoms with E-state index in [0.717, 1.165) is 22.4 Å². The van der Waals surface area contributed by atoms with E-state index in [0.29, 0.717) is 17.9 Å². The summed E-state index contributed by atoms with van der Waals surface area (Å²) in [7, 11) is 1.64. The summed E-state index contributed by atoms with van der Waals surface area (Å²) in [5.74, 6) is 7.71. The molecule has 3 aromatic rings. The number of ether oxygens (including phenoxy) is 2. The fraction of sp³-hybridized carbons (Fsp3) is 0.0870. The molecule has 3 nitrogen and oxygen atoms in total.